The second-order valence-electron chi connectivity index (χ2n) is 8.51. The highest BCUT2D eigenvalue weighted by atomic mass is 16.5. The van der Waals surface area contributed by atoms with Crippen molar-refractivity contribution in [3.05, 3.63) is 77.6 Å². The van der Waals surface area contributed by atoms with E-state index in [1.807, 2.05) is 17.0 Å². The number of rotatable bonds is 5. The average molecular weight is 428 g/mol. The number of pyridine rings is 1. The Morgan fingerprint density at radius 1 is 0.969 bits per heavy atom. The summed E-state index contributed by atoms with van der Waals surface area (Å²) in [4.78, 5) is 6.95. The summed E-state index contributed by atoms with van der Waals surface area (Å²) in [6.07, 6.45) is 5.02. The third-order valence-electron chi connectivity index (χ3n) is 6.36. The molecule has 1 N–H and O–H groups in total. The van der Waals surface area contributed by atoms with E-state index in [1.165, 1.54) is 11.1 Å². The van der Waals surface area contributed by atoms with Gasteiger partial charge in [-0.2, -0.15) is 0 Å². The largest absolute Gasteiger partial charge is 0.494 e. The third kappa shape index (κ3) is 3.96. The molecule has 2 aromatic heterocycles. The highest BCUT2D eigenvalue weighted by Crippen LogP contribution is 2.35. The van der Waals surface area contributed by atoms with Crippen LogP contribution in [0.2, 0.25) is 0 Å². The lowest BCUT2D eigenvalue weighted by Gasteiger charge is -2.27. The molecule has 5 nitrogen and oxygen atoms in total. The third-order valence-corrected chi connectivity index (χ3v) is 6.36. The molecule has 0 radical (unpaired) electrons. The van der Waals surface area contributed by atoms with Crippen LogP contribution in [0.5, 0.6) is 5.88 Å². The first kappa shape index (κ1) is 20.6. The van der Waals surface area contributed by atoms with E-state index in [1.54, 1.807) is 0 Å². The van der Waals surface area contributed by atoms with E-state index in [4.69, 9.17) is 9.72 Å². The summed E-state index contributed by atoms with van der Waals surface area (Å²) in [7, 11) is 0. The number of hydrogen-bond acceptors (Lipinski definition) is 4. The maximum absolute atomic E-state index is 10.9. The maximum atomic E-state index is 10.9. The van der Waals surface area contributed by atoms with Gasteiger partial charge in [0.05, 0.1) is 19.8 Å². The number of aryl methyl sites for hydroxylation is 2. The predicted molar refractivity (Wildman–Crippen MR) is 130 cm³/mol. The number of fused-ring (bicyclic) bond motifs is 1. The summed E-state index contributed by atoms with van der Waals surface area (Å²) in [5.41, 5.74) is 5.75. The van der Waals surface area contributed by atoms with Crippen molar-refractivity contribution in [3.8, 4) is 17.0 Å². The SMILES string of the molecule is CCc1ccc(Cn2cc3cc(-c4ccc(N5CCOCC5)nc4)cc(C)c3c2O)cc1. The number of aromatic hydroxyl groups is 1. The van der Waals surface area contributed by atoms with Crippen LogP contribution in [-0.4, -0.2) is 41.0 Å². The highest BCUT2D eigenvalue weighted by molar-refractivity contribution is 5.94. The van der Waals surface area contributed by atoms with Gasteiger partial charge in [-0.3, -0.25) is 0 Å². The van der Waals surface area contributed by atoms with Gasteiger partial charge in [0.15, 0.2) is 5.88 Å². The number of benzene rings is 2. The van der Waals surface area contributed by atoms with E-state index in [-0.39, 0.29) is 0 Å². The van der Waals surface area contributed by atoms with E-state index < -0.39 is 0 Å². The first-order valence-electron chi connectivity index (χ1n) is 11.3. The Kier molecular flexibility index (Phi) is 5.58. The Labute approximate surface area is 188 Å². The molecule has 0 bridgehead atoms. The summed E-state index contributed by atoms with van der Waals surface area (Å²) in [5, 5.41) is 12.9. The fraction of sp³-hybridized carbons (Fsp3) is 0.296. The van der Waals surface area contributed by atoms with Gasteiger partial charge in [-0.1, -0.05) is 37.3 Å². The van der Waals surface area contributed by atoms with Crippen LogP contribution in [0, 0.1) is 6.92 Å². The molecule has 164 valence electrons. The van der Waals surface area contributed by atoms with Crippen molar-refractivity contribution in [2.24, 2.45) is 0 Å². The van der Waals surface area contributed by atoms with Gasteiger partial charge in [0.2, 0.25) is 0 Å². The monoisotopic (exact) mass is 427 g/mol. The summed E-state index contributed by atoms with van der Waals surface area (Å²) < 4.78 is 7.37. The zero-order valence-corrected chi connectivity index (χ0v) is 18.7. The molecule has 0 atom stereocenters. The minimum Gasteiger partial charge on any atom is -0.494 e. The van der Waals surface area contributed by atoms with Crippen molar-refractivity contribution in [1.82, 2.24) is 9.55 Å². The Morgan fingerprint density at radius 3 is 2.41 bits per heavy atom. The van der Waals surface area contributed by atoms with Crippen molar-refractivity contribution in [3.63, 3.8) is 0 Å². The second-order valence-corrected chi connectivity index (χ2v) is 8.51. The second kappa shape index (κ2) is 8.67. The van der Waals surface area contributed by atoms with Crippen LogP contribution in [-0.2, 0) is 17.7 Å². The van der Waals surface area contributed by atoms with Crippen molar-refractivity contribution >= 4 is 16.6 Å². The first-order chi connectivity index (χ1) is 15.6. The minimum absolute atomic E-state index is 0.324. The van der Waals surface area contributed by atoms with Crippen LogP contribution in [0.15, 0.2) is 60.9 Å². The van der Waals surface area contributed by atoms with Crippen LogP contribution in [0.1, 0.15) is 23.6 Å². The number of anilines is 1. The number of hydrogen-bond donors (Lipinski definition) is 1. The van der Waals surface area contributed by atoms with Gasteiger partial charge < -0.3 is 19.3 Å². The summed E-state index contributed by atoms with van der Waals surface area (Å²) in [5.74, 6) is 1.32. The molecule has 1 aliphatic rings. The normalized spacial score (nSPS) is 14.2. The number of aromatic nitrogens is 2. The zero-order valence-electron chi connectivity index (χ0n) is 18.7. The molecule has 3 heterocycles. The quantitative estimate of drug-likeness (QED) is 0.478. The Balaban J connectivity index is 1.43. The van der Waals surface area contributed by atoms with Gasteiger partial charge in [0.1, 0.15) is 5.82 Å². The lowest BCUT2D eigenvalue weighted by atomic mass is 10.0. The van der Waals surface area contributed by atoms with Gasteiger partial charge in [0.25, 0.3) is 0 Å². The van der Waals surface area contributed by atoms with Gasteiger partial charge >= 0.3 is 0 Å². The van der Waals surface area contributed by atoms with Crippen molar-refractivity contribution in [2.75, 3.05) is 31.2 Å². The topological polar surface area (TPSA) is 50.5 Å². The van der Waals surface area contributed by atoms with E-state index in [2.05, 4.69) is 67.3 Å². The maximum Gasteiger partial charge on any atom is 0.199 e. The molecule has 1 aliphatic heterocycles. The molecule has 0 amide bonds. The minimum atomic E-state index is 0.324. The number of morpholine rings is 1. The van der Waals surface area contributed by atoms with Gasteiger partial charge in [-0.05, 0) is 53.8 Å². The molecule has 0 aliphatic carbocycles. The highest BCUT2D eigenvalue weighted by Gasteiger charge is 2.15. The standard InChI is InChI=1S/C27H29N3O2/c1-3-20-4-6-21(7-5-20)17-30-18-24-15-23(14-19(2)26(24)27(30)31)22-8-9-25(28-16-22)29-10-12-32-13-11-29/h4-9,14-16,18,31H,3,10-13,17H2,1-2H3. The molecule has 0 saturated carbocycles. The average Bonchev–Trinajstić information content (AvgIpc) is 3.15. The van der Waals surface area contributed by atoms with Crippen molar-refractivity contribution < 1.29 is 9.84 Å². The Morgan fingerprint density at radius 2 is 1.72 bits per heavy atom. The molecule has 0 spiro atoms. The fourth-order valence-corrected chi connectivity index (χ4v) is 4.49. The molecule has 5 heteroatoms. The molecule has 1 fully saturated rings. The molecule has 1 saturated heterocycles. The van der Waals surface area contributed by atoms with E-state index in [0.29, 0.717) is 12.4 Å². The van der Waals surface area contributed by atoms with E-state index in [0.717, 1.165) is 66.0 Å². The van der Waals surface area contributed by atoms with E-state index in [9.17, 15) is 5.11 Å². The number of ether oxygens (including phenoxy) is 1. The molecule has 0 unspecified atom stereocenters. The molecule has 32 heavy (non-hydrogen) atoms. The number of nitrogens with zero attached hydrogens (tertiary/aromatic N) is 3. The van der Waals surface area contributed by atoms with Gasteiger partial charge in [-0.25, -0.2) is 4.98 Å². The summed E-state index contributed by atoms with van der Waals surface area (Å²) in [6, 6.07) is 17.1. The molecule has 5 rings (SSSR count). The first-order valence-corrected chi connectivity index (χ1v) is 11.3. The lowest BCUT2D eigenvalue weighted by molar-refractivity contribution is 0.122. The molecule has 2 aromatic carbocycles. The Hall–Kier alpha value is -3.31. The van der Waals surface area contributed by atoms with Crippen molar-refractivity contribution in [1.29, 1.82) is 0 Å². The van der Waals surface area contributed by atoms with Crippen LogP contribution in [0.3, 0.4) is 0 Å². The zero-order chi connectivity index (χ0) is 22.1. The van der Waals surface area contributed by atoms with Crippen molar-refractivity contribution in [2.45, 2.75) is 26.8 Å². The van der Waals surface area contributed by atoms with Gasteiger partial charge in [0, 0.05) is 41.8 Å². The summed E-state index contributed by atoms with van der Waals surface area (Å²) in [6.45, 7) is 8.13. The van der Waals surface area contributed by atoms with Crippen LogP contribution < -0.4 is 4.90 Å². The molecule has 4 aromatic rings. The lowest BCUT2D eigenvalue weighted by Crippen LogP contribution is -2.36. The van der Waals surface area contributed by atoms with E-state index >= 15 is 0 Å². The fourth-order valence-electron chi connectivity index (χ4n) is 4.49. The smallest absolute Gasteiger partial charge is 0.199 e. The summed E-state index contributed by atoms with van der Waals surface area (Å²) >= 11 is 0. The molecular formula is C27H29N3O2. The van der Waals surface area contributed by atoms with Gasteiger partial charge in [-0.15, -0.1) is 0 Å². The van der Waals surface area contributed by atoms with Crippen LogP contribution in [0.25, 0.3) is 21.9 Å². The van der Waals surface area contributed by atoms with Crippen LogP contribution >= 0.6 is 0 Å². The van der Waals surface area contributed by atoms with Crippen LogP contribution in [0.4, 0.5) is 5.82 Å². The Bertz CT molecular complexity index is 1220. The predicted octanol–water partition coefficient (Wildman–Crippen LogP) is 5.16. The molecular weight excluding hydrogens is 398 g/mol.